The first-order valence-electron chi connectivity index (χ1n) is 19.7. The van der Waals surface area contributed by atoms with Crippen LogP contribution in [0.3, 0.4) is 0 Å². The molecule has 61 heavy (non-hydrogen) atoms. The quantitative estimate of drug-likeness (QED) is 0.0514. The summed E-state index contributed by atoms with van der Waals surface area (Å²) in [4.78, 5) is 0. The normalized spacial score (nSPS) is 12.8. The van der Waals surface area contributed by atoms with E-state index in [-0.39, 0.29) is 11.1 Å². The fourth-order valence-electron chi connectivity index (χ4n) is 9.37. The van der Waals surface area contributed by atoms with Crippen molar-refractivity contribution in [2.75, 3.05) is 0 Å². The first-order valence-corrected chi connectivity index (χ1v) is 21.4. The van der Waals surface area contributed by atoms with Crippen molar-refractivity contribution in [3.05, 3.63) is 234 Å². The topological polar surface area (TPSA) is 17.1 Å². The molecule has 0 aliphatic rings. The minimum atomic E-state index is -4.76. The van der Waals surface area contributed by atoms with Crippen LogP contribution in [0, 0.1) is 0 Å². The Hall–Kier alpha value is -6.69. The highest BCUT2D eigenvalue weighted by molar-refractivity contribution is 7.85. The maximum Gasteiger partial charge on any atom is 0.416 e. The van der Waals surface area contributed by atoms with Crippen LogP contribution < -0.4 is 15.9 Å². The molecular formula is C53H33F6OP. The van der Waals surface area contributed by atoms with Crippen molar-refractivity contribution in [2.45, 2.75) is 17.8 Å². The van der Waals surface area contributed by atoms with Crippen LogP contribution in [-0.4, -0.2) is 0 Å². The third-order valence-corrected chi connectivity index (χ3v) is 15.1. The van der Waals surface area contributed by atoms with Crippen molar-refractivity contribution < 1.29 is 30.9 Å². The zero-order chi connectivity index (χ0) is 42.1. The maximum absolute atomic E-state index is 15.5. The fourth-order valence-corrected chi connectivity index (χ4v) is 12.0. The summed E-state index contributed by atoms with van der Waals surface area (Å²) < 4.78 is 104. The molecule has 0 bridgehead atoms. The summed E-state index contributed by atoms with van der Waals surface area (Å²) in [5.41, 5.74) is -2.58. The van der Waals surface area contributed by atoms with Gasteiger partial charge in [0.1, 0.15) is 0 Å². The van der Waals surface area contributed by atoms with E-state index in [0.29, 0.717) is 27.0 Å². The van der Waals surface area contributed by atoms with E-state index >= 15 is 4.57 Å². The molecule has 0 saturated heterocycles. The third kappa shape index (κ3) is 6.13. The van der Waals surface area contributed by atoms with Gasteiger partial charge in [-0.15, -0.1) is 0 Å². The van der Waals surface area contributed by atoms with Crippen molar-refractivity contribution in [1.82, 2.24) is 0 Å². The molecule has 0 saturated carbocycles. The van der Waals surface area contributed by atoms with Gasteiger partial charge in [0.25, 0.3) is 0 Å². The Morgan fingerprint density at radius 2 is 0.721 bits per heavy atom. The molecular weight excluding hydrogens is 798 g/mol. The molecule has 0 aliphatic carbocycles. The Kier molecular flexibility index (Phi) is 8.97. The molecule has 0 atom stereocenters. The fraction of sp³-hybridized carbons (Fsp3) is 0.0566. The zero-order valence-corrected chi connectivity index (χ0v) is 33.1. The van der Waals surface area contributed by atoms with Gasteiger partial charge in [0, 0.05) is 15.9 Å². The number of hydrogen-bond acceptors (Lipinski definition) is 1. The first-order chi connectivity index (χ1) is 29.4. The number of rotatable bonds is 7. The summed E-state index contributed by atoms with van der Waals surface area (Å²) in [5.74, 6) is 0. The Balaban J connectivity index is 1.35. The van der Waals surface area contributed by atoms with Crippen molar-refractivity contribution >= 4 is 66.1 Å². The largest absolute Gasteiger partial charge is 0.416 e. The second-order valence-electron chi connectivity index (χ2n) is 15.4. The van der Waals surface area contributed by atoms with Crippen LogP contribution in [0.5, 0.6) is 0 Å². The van der Waals surface area contributed by atoms with Gasteiger partial charge in [-0.1, -0.05) is 176 Å². The number of fused-ring (bicyclic) bond motifs is 2. The van der Waals surface area contributed by atoms with Gasteiger partial charge in [-0.2, -0.15) is 26.3 Å². The first kappa shape index (κ1) is 38.5. The molecule has 1 nitrogen and oxygen atoms in total. The van der Waals surface area contributed by atoms with Gasteiger partial charge in [0.05, 0.1) is 16.5 Å². The molecule has 0 amide bonds. The Bertz CT molecular complexity index is 3200. The van der Waals surface area contributed by atoms with Crippen LogP contribution in [0.4, 0.5) is 26.3 Å². The van der Waals surface area contributed by atoms with Crippen molar-refractivity contribution in [3.8, 4) is 0 Å². The van der Waals surface area contributed by atoms with Crippen LogP contribution in [0.2, 0.25) is 0 Å². The van der Waals surface area contributed by atoms with Gasteiger partial charge >= 0.3 is 12.4 Å². The highest BCUT2D eigenvalue weighted by atomic mass is 31.2. The monoisotopic (exact) mass is 830 g/mol. The lowest BCUT2D eigenvalue weighted by molar-refractivity contribution is -0.138. The number of hydrogen-bond donors (Lipinski definition) is 0. The van der Waals surface area contributed by atoms with Crippen molar-refractivity contribution in [1.29, 1.82) is 0 Å². The van der Waals surface area contributed by atoms with Crippen LogP contribution in [0.1, 0.15) is 33.4 Å². The zero-order valence-electron chi connectivity index (χ0n) is 32.2. The van der Waals surface area contributed by atoms with Crippen LogP contribution >= 0.6 is 7.14 Å². The van der Waals surface area contributed by atoms with E-state index in [0.717, 1.165) is 67.4 Å². The average Bonchev–Trinajstić information content (AvgIpc) is 3.28. The molecule has 0 aromatic heterocycles. The molecule has 0 unspecified atom stereocenters. The highest BCUT2D eigenvalue weighted by Crippen LogP contribution is 2.51. The van der Waals surface area contributed by atoms with Crippen molar-refractivity contribution in [3.63, 3.8) is 0 Å². The van der Waals surface area contributed by atoms with E-state index in [2.05, 4.69) is 6.07 Å². The van der Waals surface area contributed by atoms with Crippen LogP contribution in [-0.2, 0) is 22.3 Å². The minimum Gasteiger partial charge on any atom is -0.309 e. The minimum absolute atomic E-state index is 0.112. The molecule has 0 heterocycles. The van der Waals surface area contributed by atoms with Gasteiger partial charge < -0.3 is 4.57 Å². The number of alkyl halides is 6. The molecule has 10 aromatic carbocycles. The third-order valence-electron chi connectivity index (χ3n) is 12.0. The summed E-state index contributed by atoms with van der Waals surface area (Å²) in [6, 6.07) is 56.4. The van der Waals surface area contributed by atoms with Gasteiger partial charge in [0.15, 0.2) is 7.14 Å². The van der Waals surface area contributed by atoms with E-state index < -0.39 is 36.0 Å². The highest BCUT2D eigenvalue weighted by Gasteiger charge is 2.43. The van der Waals surface area contributed by atoms with E-state index in [1.54, 1.807) is 60.7 Å². The standard InChI is InChI=1S/C53H33F6OP/c54-52(55,56)39-17-10-15-37(31-39)51(38-16-11-18-40(32-38)53(57,58)59,36-26-28-44(29-27-36)61(60,42-19-3-1-4-20-42)43-21-5-2-6-22-43)41-30-35-14-9-24-46-45-23-7-12-34-13-8-25-47(49(34)45)48(33-41)50(35)46/h1-33H. The molecule has 8 heteroatoms. The lowest BCUT2D eigenvalue weighted by Crippen LogP contribution is -2.33. The molecule has 0 spiro atoms. The lowest BCUT2D eigenvalue weighted by Gasteiger charge is -2.38. The van der Waals surface area contributed by atoms with Gasteiger partial charge in [0.2, 0.25) is 0 Å². The van der Waals surface area contributed by atoms with Crippen LogP contribution in [0.25, 0.3) is 43.1 Å². The molecule has 0 N–H and O–H groups in total. The summed E-state index contributed by atoms with van der Waals surface area (Å²) in [6.07, 6.45) is -9.53. The molecule has 10 aromatic rings. The summed E-state index contributed by atoms with van der Waals surface area (Å²) in [5, 5.41) is 9.06. The smallest absolute Gasteiger partial charge is 0.309 e. The molecule has 298 valence electrons. The van der Waals surface area contributed by atoms with Gasteiger partial charge in [-0.05, 0) is 89.6 Å². The van der Waals surface area contributed by atoms with Gasteiger partial charge in [-0.25, -0.2) is 0 Å². The molecule has 0 fully saturated rings. The van der Waals surface area contributed by atoms with Gasteiger partial charge in [-0.3, -0.25) is 0 Å². The predicted molar refractivity (Wildman–Crippen MR) is 235 cm³/mol. The van der Waals surface area contributed by atoms with E-state index in [9.17, 15) is 26.3 Å². The van der Waals surface area contributed by atoms with E-state index in [1.807, 2.05) is 97.1 Å². The second-order valence-corrected chi connectivity index (χ2v) is 18.1. The average molecular weight is 831 g/mol. The SMILES string of the molecule is O=P(c1ccccc1)(c1ccccc1)c1ccc(C(c2cccc(C(F)(F)F)c2)(c2cccc(C(F)(F)F)c2)c2cc3cccc4c5cccc6cccc(c(c2)c34)c65)cc1. The van der Waals surface area contributed by atoms with Crippen LogP contribution in [0.15, 0.2) is 200 Å². The maximum atomic E-state index is 15.5. The summed E-state index contributed by atoms with van der Waals surface area (Å²) in [7, 11) is -3.52. The molecule has 0 aliphatic heterocycles. The Morgan fingerprint density at radius 3 is 1.21 bits per heavy atom. The Labute approximate surface area is 347 Å². The predicted octanol–water partition coefficient (Wildman–Crippen LogP) is 13.8. The molecule has 10 rings (SSSR count). The van der Waals surface area contributed by atoms with E-state index in [4.69, 9.17) is 0 Å². The summed E-state index contributed by atoms with van der Waals surface area (Å²) >= 11 is 0. The number of benzene rings is 10. The Morgan fingerprint density at radius 1 is 0.311 bits per heavy atom. The lowest BCUT2D eigenvalue weighted by atomic mass is 9.64. The molecule has 0 radical (unpaired) electrons. The van der Waals surface area contributed by atoms with E-state index in [1.165, 1.54) is 12.1 Å². The number of halogens is 6. The summed E-state index contributed by atoms with van der Waals surface area (Å²) in [6.45, 7) is 0. The van der Waals surface area contributed by atoms with Crippen molar-refractivity contribution in [2.24, 2.45) is 0 Å². The second kappa shape index (κ2) is 14.2.